The summed E-state index contributed by atoms with van der Waals surface area (Å²) in [6.07, 6.45) is -6.35. The van der Waals surface area contributed by atoms with Crippen molar-refractivity contribution < 1.29 is 33.3 Å². The van der Waals surface area contributed by atoms with Gasteiger partial charge in [-0.25, -0.2) is 14.0 Å². The molecule has 0 aliphatic carbocycles. The molecular weight excluding hydrogens is 343 g/mol. The molecule has 0 amide bonds. The largest absolute Gasteiger partial charge is 0.452 e. The summed E-state index contributed by atoms with van der Waals surface area (Å²) in [6.45, 7) is -0.344. The highest BCUT2D eigenvalue weighted by Gasteiger charge is 2.44. The number of aliphatic hydroxyl groups is 1. The number of benzene rings is 2. The van der Waals surface area contributed by atoms with Crippen LogP contribution in [0.5, 0.6) is 0 Å². The van der Waals surface area contributed by atoms with Gasteiger partial charge in [-0.05, 0) is 24.3 Å². The van der Waals surface area contributed by atoms with E-state index in [9.17, 15) is 19.1 Å². The molecule has 26 heavy (non-hydrogen) atoms. The van der Waals surface area contributed by atoms with Gasteiger partial charge in [-0.3, -0.25) is 0 Å². The van der Waals surface area contributed by atoms with E-state index in [0.717, 1.165) is 0 Å². The van der Waals surface area contributed by atoms with Gasteiger partial charge in [0.05, 0.1) is 17.7 Å². The molecule has 0 bridgehead atoms. The Hall–Kier alpha value is -2.77. The van der Waals surface area contributed by atoms with Crippen LogP contribution in [-0.4, -0.2) is 48.3 Å². The molecule has 4 unspecified atom stereocenters. The third-order valence-corrected chi connectivity index (χ3v) is 3.91. The Morgan fingerprint density at radius 3 is 1.96 bits per heavy atom. The van der Waals surface area contributed by atoms with Crippen LogP contribution in [0.1, 0.15) is 20.7 Å². The van der Waals surface area contributed by atoms with Gasteiger partial charge in [-0.2, -0.15) is 0 Å². The fourth-order valence-electron chi connectivity index (χ4n) is 2.54. The van der Waals surface area contributed by atoms with Crippen LogP contribution in [0.2, 0.25) is 0 Å². The normalized spacial score (nSPS) is 25.3. The molecule has 136 valence electrons. The predicted octanol–water partition coefficient (Wildman–Crippen LogP) is 2.12. The van der Waals surface area contributed by atoms with Gasteiger partial charge < -0.3 is 19.3 Å². The van der Waals surface area contributed by atoms with E-state index in [1.165, 1.54) is 12.1 Å². The summed E-state index contributed by atoms with van der Waals surface area (Å²) >= 11 is 0. The number of hydrogen-bond acceptors (Lipinski definition) is 6. The summed E-state index contributed by atoms with van der Waals surface area (Å²) in [5, 5.41) is 10.0. The molecular formula is C19H17FO6. The standard InChI is InChI=1S/C19H17FO6/c20-17-15(21)16(26-19(23)13-9-5-2-6-10-13)14(11-24-17)25-18(22)12-7-3-1-4-8-12/h1-10,14-17,21H,11H2. The van der Waals surface area contributed by atoms with Crippen molar-refractivity contribution in [3.05, 3.63) is 71.8 Å². The van der Waals surface area contributed by atoms with E-state index in [1.807, 2.05) is 0 Å². The molecule has 1 aliphatic heterocycles. The molecule has 6 nitrogen and oxygen atoms in total. The third-order valence-electron chi connectivity index (χ3n) is 3.91. The Morgan fingerprint density at radius 1 is 0.923 bits per heavy atom. The highest BCUT2D eigenvalue weighted by molar-refractivity contribution is 5.90. The van der Waals surface area contributed by atoms with Crippen LogP contribution < -0.4 is 0 Å². The van der Waals surface area contributed by atoms with Crippen molar-refractivity contribution in [2.45, 2.75) is 24.7 Å². The number of carbonyl (C=O) groups excluding carboxylic acids is 2. The van der Waals surface area contributed by atoms with Crippen LogP contribution in [0.4, 0.5) is 4.39 Å². The number of esters is 2. The second-order valence-electron chi connectivity index (χ2n) is 5.72. The molecule has 3 rings (SSSR count). The lowest BCUT2D eigenvalue weighted by atomic mass is 10.0. The minimum Gasteiger partial charge on any atom is -0.452 e. The zero-order valence-corrected chi connectivity index (χ0v) is 13.7. The van der Waals surface area contributed by atoms with Crippen LogP contribution in [-0.2, 0) is 14.2 Å². The van der Waals surface area contributed by atoms with Crippen molar-refractivity contribution >= 4 is 11.9 Å². The van der Waals surface area contributed by atoms with Crippen molar-refractivity contribution in [2.75, 3.05) is 6.61 Å². The molecule has 2 aromatic carbocycles. The van der Waals surface area contributed by atoms with Crippen LogP contribution in [0, 0.1) is 0 Å². The van der Waals surface area contributed by atoms with Crippen molar-refractivity contribution in [2.24, 2.45) is 0 Å². The van der Waals surface area contributed by atoms with Crippen molar-refractivity contribution in [3.63, 3.8) is 0 Å². The maximum atomic E-state index is 13.7. The first-order chi connectivity index (χ1) is 12.6. The number of carbonyl (C=O) groups is 2. The molecule has 0 spiro atoms. The number of halogens is 1. The van der Waals surface area contributed by atoms with Gasteiger partial charge >= 0.3 is 11.9 Å². The van der Waals surface area contributed by atoms with Gasteiger partial charge in [0.15, 0.2) is 18.3 Å². The summed E-state index contributed by atoms with van der Waals surface area (Å²) in [7, 11) is 0. The van der Waals surface area contributed by atoms with Crippen LogP contribution in [0.25, 0.3) is 0 Å². The summed E-state index contributed by atoms with van der Waals surface area (Å²) in [5.74, 6) is -1.45. The fourth-order valence-corrected chi connectivity index (χ4v) is 2.54. The highest BCUT2D eigenvalue weighted by Crippen LogP contribution is 2.23. The molecule has 0 saturated carbocycles. The molecule has 1 aliphatic rings. The third kappa shape index (κ3) is 4.07. The second-order valence-corrected chi connectivity index (χ2v) is 5.72. The molecule has 0 radical (unpaired) electrons. The van der Waals surface area contributed by atoms with Gasteiger partial charge in [0, 0.05) is 0 Å². The van der Waals surface area contributed by atoms with Gasteiger partial charge in [0.2, 0.25) is 6.36 Å². The summed E-state index contributed by atoms with van der Waals surface area (Å²) in [5.41, 5.74) is 0.507. The lowest BCUT2D eigenvalue weighted by molar-refractivity contribution is -0.224. The molecule has 1 saturated heterocycles. The first kappa shape index (κ1) is 18.0. The van der Waals surface area contributed by atoms with Crippen molar-refractivity contribution in [1.29, 1.82) is 0 Å². The monoisotopic (exact) mass is 360 g/mol. The van der Waals surface area contributed by atoms with E-state index in [0.29, 0.717) is 0 Å². The zero-order chi connectivity index (χ0) is 18.5. The maximum absolute atomic E-state index is 13.7. The lowest BCUT2D eigenvalue weighted by Crippen LogP contribution is -2.54. The predicted molar refractivity (Wildman–Crippen MR) is 88.1 cm³/mol. The van der Waals surface area contributed by atoms with E-state index in [2.05, 4.69) is 0 Å². The molecule has 4 atom stereocenters. The van der Waals surface area contributed by atoms with E-state index < -0.39 is 36.6 Å². The quantitative estimate of drug-likeness (QED) is 0.841. The van der Waals surface area contributed by atoms with E-state index in [4.69, 9.17) is 14.2 Å². The molecule has 0 aromatic heterocycles. The fraction of sp³-hybridized carbons (Fsp3) is 0.263. The molecule has 1 fully saturated rings. The molecule has 2 aromatic rings. The average Bonchev–Trinajstić information content (AvgIpc) is 2.68. The van der Waals surface area contributed by atoms with Gasteiger partial charge in [0.1, 0.15) is 0 Å². The van der Waals surface area contributed by atoms with Gasteiger partial charge in [-0.15, -0.1) is 0 Å². The van der Waals surface area contributed by atoms with E-state index in [1.54, 1.807) is 48.5 Å². The first-order valence-corrected chi connectivity index (χ1v) is 8.02. The SMILES string of the molecule is O=C(OC1COC(F)C(O)C1OC(=O)c1ccccc1)c1ccccc1. The first-order valence-electron chi connectivity index (χ1n) is 8.02. The summed E-state index contributed by atoms with van der Waals surface area (Å²) in [6, 6.07) is 16.2. The Bertz CT molecular complexity index is 751. The van der Waals surface area contributed by atoms with Crippen LogP contribution in [0.3, 0.4) is 0 Å². The number of hydrogen-bond donors (Lipinski definition) is 1. The number of rotatable bonds is 4. The van der Waals surface area contributed by atoms with Crippen molar-refractivity contribution in [3.8, 4) is 0 Å². The van der Waals surface area contributed by atoms with E-state index >= 15 is 0 Å². The van der Waals surface area contributed by atoms with Crippen LogP contribution in [0.15, 0.2) is 60.7 Å². The Morgan fingerprint density at radius 2 is 1.42 bits per heavy atom. The van der Waals surface area contributed by atoms with Crippen molar-refractivity contribution in [1.82, 2.24) is 0 Å². The maximum Gasteiger partial charge on any atom is 0.338 e. The van der Waals surface area contributed by atoms with Gasteiger partial charge in [0.25, 0.3) is 0 Å². The Balaban J connectivity index is 1.74. The number of aliphatic hydroxyl groups excluding tert-OH is 1. The minimum absolute atomic E-state index is 0.231. The number of ether oxygens (including phenoxy) is 3. The van der Waals surface area contributed by atoms with E-state index in [-0.39, 0.29) is 17.7 Å². The Kier molecular flexibility index (Phi) is 5.60. The molecule has 7 heteroatoms. The average molecular weight is 360 g/mol. The van der Waals surface area contributed by atoms with Gasteiger partial charge in [-0.1, -0.05) is 36.4 Å². The zero-order valence-electron chi connectivity index (χ0n) is 13.7. The topological polar surface area (TPSA) is 82.1 Å². The smallest absolute Gasteiger partial charge is 0.338 e. The molecule has 1 N–H and O–H groups in total. The lowest BCUT2D eigenvalue weighted by Gasteiger charge is -2.35. The highest BCUT2D eigenvalue weighted by atomic mass is 19.1. The number of alkyl halides is 1. The summed E-state index contributed by atoms with van der Waals surface area (Å²) in [4.78, 5) is 24.4. The second kappa shape index (κ2) is 8.07. The Labute approximate surface area is 149 Å². The van der Waals surface area contributed by atoms with Crippen LogP contribution >= 0.6 is 0 Å². The summed E-state index contributed by atoms with van der Waals surface area (Å²) < 4.78 is 29.0. The minimum atomic E-state index is -2.05. The molecule has 1 heterocycles.